The number of rotatable bonds is 3. The van der Waals surface area contributed by atoms with Crippen molar-refractivity contribution in [3.63, 3.8) is 0 Å². The van der Waals surface area contributed by atoms with Crippen LogP contribution in [0.4, 0.5) is 0 Å². The fraction of sp³-hybridized carbons (Fsp3) is 0.138. The van der Waals surface area contributed by atoms with Gasteiger partial charge in [0, 0.05) is 21.7 Å². The van der Waals surface area contributed by atoms with Gasteiger partial charge in [0.05, 0.1) is 0 Å². The van der Waals surface area contributed by atoms with E-state index in [-0.39, 0.29) is 27.1 Å². The number of hydrogen-bond donors (Lipinski definition) is 0. The molecule has 30 heavy (non-hydrogen) atoms. The predicted molar refractivity (Wildman–Crippen MR) is 124 cm³/mol. The fourth-order valence-corrected chi connectivity index (χ4v) is 3.64. The Balaban J connectivity index is 0.000000239. The summed E-state index contributed by atoms with van der Waals surface area (Å²) in [7, 11) is 0. The molecule has 0 spiro atoms. The van der Waals surface area contributed by atoms with Crippen molar-refractivity contribution >= 4 is 0 Å². The minimum Gasteiger partial charge on any atom is -0.748 e. The van der Waals surface area contributed by atoms with Crippen molar-refractivity contribution in [3.8, 4) is 0 Å². The Bertz CT molecular complexity index is 874. The maximum atomic E-state index is 3.36. The van der Waals surface area contributed by atoms with Crippen molar-refractivity contribution in [3.05, 3.63) is 150 Å². The van der Waals surface area contributed by atoms with Crippen molar-refractivity contribution in [1.29, 1.82) is 0 Å². The van der Waals surface area contributed by atoms with Crippen molar-refractivity contribution in [2.24, 2.45) is 0 Å². The second-order valence-electron chi connectivity index (χ2n) is 7.09. The summed E-state index contributed by atoms with van der Waals surface area (Å²) in [4.78, 5) is 0. The van der Waals surface area contributed by atoms with Crippen molar-refractivity contribution in [2.45, 2.75) is 25.7 Å². The maximum Gasteiger partial charge on any atom is 0 e. The Labute approximate surface area is 196 Å². The normalized spacial score (nSPS) is 16.9. The topological polar surface area (TPSA) is 0 Å². The van der Waals surface area contributed by atoms with Crippen LogP contribution < -0.4 is 0 Å². The molecule has 1 fully saturated rings. The predicted octanol–water partition coefficient (Wildman–Crippen LogP) is 7.53. The molecule has 0 nitrogen and oxygen atoms in total. The average Bonchev–Trinajstić information content (AvgIpc) is 3.24. The first-order valence-electron chi connectivity index (χ1n) is 10.1. The molecule has 156 valence electrons. The zero-order chi connectivity index (χ0) is 20.4. The average molecular weight is 424 g/mol. The monoisotopic (exact) mass is 424 g/mol. The molecule has 0 saturated heterocycles. The number of allylic oxidation sites excluding steroid dienone is 2. The van der Waals surface area contributed by atoms with Crippen LogP contribution >= 0.6 is 0 Å². The van der Waals surface area contributed by atoms with Crippen molar-refractivity contribution in [2.75, 3.05) is 0 Å². The van der Waals surface area contributed by atoms with Gasteiger partial charge >= 0.3 is 0 Å². The summed E-state index contributed by atoms with van der Waals surface area (Å²) < 4.78 is 0. The van der Waals surface area contributed by atoms with Crippen LogP contribution in [-0.4, -0.2) is 0 Å². The van der Waals surface area contributed by atoms with Gasteiger partial charge in [0.15, 0.2) is 0 Å². The van der Waals surface area contributed by atoms with Crippen LogP contribution in [0, 0.1) is 12.0 Å². The Morgan fingerprint density at radius 1 is 0.800 bits per heavy atom. The molecule has 1 unspecified atom stereocenters. The van der Waals surface area contributed by atoms with E-state index in [1.165, 1.54) is 22.6 Å². The Morgan fingerprint density at radius 3 is 1.73 bits per heavy atom. The first-order chi connectivity index (χ1) is 14.3. The number of benzene rings is 2. The van der Waals surface area contributed by atoms with Crippen LogP contribution in [0.3, 0.4) is 0 Å². The summed E-state index contributed by atoms with van der Waals surface area (Å²) in [6.07, 6.45) is 4.48. The van der Waals surface area contributed by atoms with E-state index in [1.54, 1.807) is 0 Å². The van der Waals surface area contributed by atoms with E-state index in [1.807, 2.05) is 67.6 Å². The van der Waals surface area contributed by atoms with Gasteiger partial charge in [-0.25, -0.2) is 12.1 Å². The van der Waals surface area contributed by atoms with Gasteiger partial charge in [0.25, 0.3) is 0 Å². The van der Waals surface area contributed by atoms with Crippen LogP contribution in [0.15, 0.2) is 127 Å². The second kappa shape index (κ2) is 12.2. The molecule has 0 bridgehead atoms. The molecule has 1 saturated carbocycles. The molecule has 1 aliphatic carbocycles. The molecule has 1 heteroatoms. The smallest absolute Gasteiger partial charge is 0 e. The molecule has 4 aromatic carbocycles. The fourth-order valence-electron chi connectivity index (χ4n) is 3.64. The van der Waals surface area contributed by atoms with Crippen molar-refractivity contribution in [1.82, 2.24) is 0 Å². The Morgan fingerprint density at radius 2 is 1.30 bits per heavy atom. The van der Waals surface area contributed by atoms with E-state index < -0.39 is 0 Å². The van der Waals surface area contributed by atoms with E-state index in [9.17, 15) is 0 Å². The second-order valence-corrected chi connectivity index (χ2v) is 7.09. The molecule has 1 atom stereocenters. The first-order valence-corrected chi connectivity index (χ1v) is 10.1. The van der Waals surface area contributed by atoms with Gasteiger partial charge in [-0.05, 0) is 11.0 Å². The van der Waals surface area contributed by atoms with E-state index in [0.29, 0.717) is 0 Å². The van der Waals surface area contributed by atoms with Crippen LogP contribution in [0.1, 0.15) is 31.4 Å². The van der Waals surface area contributed by atoms with Gasteiger partial charge in [-0.15, -0.1) is 12.1 Å². The Kier molecular flexibility index (Phi) is 9.68. The van der Waals surface area contributed by atoms with E-state index in [4.69, 9.17) is 0 Å². The third kappa shape index (κ3) is 5.98. The maximum absolute atomic E-state index is 3.36. The zero-order valence-corrected chi connectivity index (χ0v) is 19.3. The van der Waals surface area contributed by atoms with Crippen LogP contribution in [0.25, 0.3) is 0 Å². The van der Waals surface area contributed by atoms with E-state index in [2.05, 4.69) is 73.7 Å². The summed E-state index contributed by atoms with van der Waals surface area (Å²) in [5, 5.41) is 0. The molecule has 0 aromatic heterocycles. The minimum absolute atomic E-state index is 0. The summed E-state index contributed by atoms with van der Waals surface area (Å²) >= 11 is 0. The van der Waals surface area contributed by atoms with Gasteiger partial charge in [-0.1, -0.05) is 49.7 Å². The summed E-state index contributed by atoms with van der Waals surface area (Å²) in [6.45, 7) is 4.21. The summed E-state index contributed by atoms with van der Waals surface area (Å²) in [6, 6.07) is 41.5. The molecule has 4 aromatic rings. The molecule has 0 heterocycles. The molecule has 0 N–H and O–H groups in total. The van der Waals surface area contributed by atoms with Crippen molar-refractivity contribution < 1.29 is 21.7 Å². The quantitative estimate of drug-likeness (QED) is 0.236. The van der Waals surface area contributed by atoms with Crippen LogP contribution in [-0.2, 0) is 27.1 Å². The van der Waals surface area contributed by atoms with Gasteiger partial charge < -0.3 is 36.4 Å². The standard InChI is InChI=1S/C19H18.2C5H5.Ti/c1-3-15(2)19(17-12-8-5-9-13-17)14-18(19)16-10-6-4-7-11-16;2*1-2-4-5-3-1;/h4-13H,14H2,1-2H3;2*1-5H;/q-2;-5;-1;. The molecule has 0 aliphatic heterocycles. The van der Waals surface area contributed by atoms with Gasteiger partial charge in [-0.3, -0.25) is 5.57 Å². The molecule has 1 aliphatic rings. The van der Waals surface area contributed by atoms with Crippen LogP contribution in [0.5, 0.6) is 0 Å². The molecule has 0 amide bonds. The largest absolute Gasteiger partial charge is 0.748 e. The molecular formula is C29H28Ti-8. The SMILES string of the molecule is C[C-]=C(C)C1(c2ccccc2)C[C-]1c1ccccc1.[Ti].[cH-]1[cH-][cH-][cH-][cH-]1.c1cc[cH-]c1. The third-order valence-electron chi connectivity index (χ3n) is 5.35. The first kappa shape index (κ1) is 23.7. The van der Waals surface area contributed by atoms with Gasteiger partial charge in [-0.2, -0.15) is 48.7 Å². The summed E-state index contributed by atoms with van der Waals surface area (Å²) in [5.74, 6) is 1.52. The Hall–Kier alpha value is -2.54. The van der Waals surface area contributed by atoms with E-state index in [0.717, 1.165) is 6.42 Å². The third-order valence-corrected chi connectivity index (χ3v) is 5.35. The van der Waals surface area contributed by atoms with Crippen LogP contribution in [0.2, 0.25) is 0 Å². The zero-order valence-electron chi connectivity index (χ0n) is 17.8. The number of hydrogen-bond acceptors (Lipinski definition) is 0. The molecule has 5 rings (SSSR count). The van der Waals surface area contributed by atoms with Gasteiger partial charge in [0.2, 0.25) is 0 Å². The van der Waals surface area contributed by atoms with E-state index >= 15 is 0 Å². The summed E-state index contributed by atoms with van der Waals surface area (Å²) in [5.41, 5.74) is 4.18. The van der Waals surface area contributed by atoms with Gasteiger partial charge in [0.1, 0.15) is 0 Å². The minimum atomic E-state index is 0. The molecule has 0 radical (unpaired) electrons. The molecular weight excluding hydrogens is 396 g/mol.